The van der Waals surface area contributed by atoms with E-state index in [9.17, 15) is 4.79 Å². The first-order valence-corrected chi connectivity index (χ1v) is 7.36. The van der Waals surface area contributed by atoms with E-state index in [-0.39, 0.29) is 12.0 Å². The van der Waals surface area contributed by atoms with Crippen molar-refractivity contribution in [3.05, 3.63) is 51.5 Å². The zero-order valence-electron chi connectivity index (χ0n) is 11.7. The normalized spacial score (nSPS) is 28.2. The fourth-order valence-electron chi connectivity index (χ4n) is 2.64. The third-order valence-corrected chi connectivity index (χ3v) is 4.99. The molecule has 0 spiro atoms. The fourth-order valence-corrected chi connectivity index (χ4v) is 3.20. The number of hydrogen-bond acceptors (Lipinski definition) is 2. The molecule has 0 bridgehead atoms. The molecule has 1 N–H and O–H groups in total. The van der Waals surface area contributed by atoms with Gasteiger partial charge in [0.2, 0.25) is 0 Å². The molecule has 1 aliphatic heterocycles. The van der Waals surface area contributed by atoms with E-state index in [2.05, 4.69) is 21.2 Å². The van der Waals surface area contributed by atoms with Crippen molar-refractivity contribution in [3.63, 3.8) is 0 Å². The maximum Gasteiger partial charge on any atom is 0.255 e. The zero-order valence-corrected chi connectivity index (χ0v) is 13.2. The minimum Gasteiger partial charge on any atom is -0.483 e. The molecule has 3 nitrogen and oxygen atoms in total. The van der Waals surface area contributed by atoms with E-state index in [0.29, 0.717) is 11.3 Å². The van der Waals surface area contributed by atoms with Crippen LogP contribution in [-0.4, -0.2) is 17.6 Å². The van der Waals surface area contributed by atoms with Gasteiger partial charge in [-0.1, -0.05) is 27.6 Å². The summed E-state index contributed by atoms with van der Waals surface area (Å²) >= 11 is 3.53. The maximum absolute atomic E-state index is 12.5. The number of amides is 1. The molecule has 3 rings (SSSR count). The van der Waals surface area contributed by atoms with Crippen LogP contribution in [0.3, 0.4) is 0 Å². The van der Waals surface area contributed by atoms with Crippen molar-refractivity contribution in [2.45, 2.75) is 32.4 Å². The van der Waals surface area contributed by atoms with E-state index in [0.717, 1.165) is 15.6 Å². The molecule has 1 aliphatic carbocycles. The lowest BCUT2D eigenvalue weighted by molar-refractivity contribution is 0.0888. The van der Waals surface area contributed by atoms with Gasteiger partial charge in [0.15, 0.2) is 0 Å². The number of aryl methyl sites for hydroxylation is 1. The van der Waals surface area contributed by atoms with Gasteiger partial charge in [-0.2, -0.15) is 0 Å². The Morgan fingerprint density at radius 3 is 2.85 bits per heavy atom. The van der Waals surface area contributed by atoms with Crippen LogP contribution in [0.15, 0.2) is 40.4 Å². The Bertz CT molecular complexity index is 662. The number of rotatable bonds is 0. The van der Waals surface area contributed by atoms with Crippen LogP contribution in [0.2, 0.25) is 0 Å². The average Bonchev–Trinajstić information content (AvgIpc) is 2.51. The highest BCUT2D eigenvalue weighted by atomic mass is 79.9. The van der Waals surface area contributed by atoms with Crippen molar-refractivity contribution in [2.75, 3.05) is 0 Å². The summed E-state index contributed by atoms with van der Waals surface area (Å²) in [7, 11) is 0. The number of fused-ring (bicyclic) bond motifs is 2. The van der Waals surface area contributed by atoms with Crippen LogP contribution in [0.4, 0.5) is 0 Å². The van der Waals surface area contributed by atoms with Gasteiger partial charge in [0.25, 0.3) is 5.91 Å². The maximum atomic E-state index is 12.5. The summed E-state index contributed by atoms with van der Waals surface area (Å²) in [5, 5.41) is 3.12. The van der Waals surface area contributed by atoms with Crippen LogP contribution in [0.25, 0.3) is 0 Å². The zero-order chi connectivity index (χ0) is 14.5. The predicted molar refractivity (Wildman–Crippen MR) is 82.2 cm³/mol. The number of ether oxygens (including phenoxy) is 1. The molecule has 2 atom stereocenters. The van der Waals surface area contributed by atoms with Gasteiger partial charge in [0, 0.05) is 4.48 Å². The number of halogens is 1. The van der Waals surface area contributed by atoms with Crippen LogP contribution in [0, 0.1) is 6.92 Å². The van der Waals surface area contributed by atoms with Gasteiger partial charge in [-0.15, -0.1) is 0 Å². The second-order valence-corrected chi connectivity index (χ2v) is 6.38. The van der Waals surface area contributed by atoms with Gasteiger partial charge in [0.05, 0.1) is 5.56 Å². The first-order valence-electron chi connectivity index (χ1n) is 6.56. The predicted octanol–water partition coefficient (Wildman–Crippen LogP) is 3.48. The van der Waals surface area contributed by atoms with Gasteiger partial charge < -0.3 is 10.1 Å². The summed E-state index contributed by atoms with van der Waals surface area (Å²) in [4.78, 5) is 12.5. The molecular formula is C16H16BrNO2. The molecule has 0 radical (unpaired) electrons. The van der Waals surface area contributed by atoms with Crippen molar-refractivity contribution in [2.24, 2.45) is 0 Å². The molecule has 1 aromatic carbocycles. The van der Waals surface area contributed by atoms with Crippen molar-refractivity contribution in [1.82, 2.24) is 5.32 Å². The van der Waals surface area contributed by atoms with Crippen LogP contribution < -0.4 is 10.1 Å². The molecule has 0 saturated heterocycles. The van der Waals surface area contributed by atoms with Gasteiger partial charge >= 0.3 is 0 Å². The number of carbonyl (C=O) groups excluding carboxylic acids is 1. The Kier molecular flexibility index (Phi) is 3.01. The highest BCUT2D eigenvalue weighted by molar-refractivity contribution is 9.11. The molecule has 1 heterocycles. The summed E-state index contributed by atoms with van der Waals surface area (Å²) in [6, 6.07) is 5.69. The summed E-state index contributed by atoms with van der Waals surface area (Å²) in [6.07, 6.45) is 3.75. The standard InChI is InChI=1S/C16H16BrNO2/c1-9-4-6-13-11(8-9)15(19)18-16(3)10(2)12(17)5-7-14(16)20-13/h4-8,14H,1-3H3,(H,18,19). The van der Waals surface area contributed by atoms with E-state index >= 15 is 0 Å². The van der Waals surface area contributed by atoms with E-state index in [4.69, 9.17) is 4.74 Å². The topological polar surface area (TPSA) is 38.3 Å². The number of allylic oxidation sites excluding steroid dienone is 2. The summed E-state index contributed by atoms with van der Waals surface area (Å²) in [6.45, 7) is 5.97. The number of carbonyl (C=O) groups is 1. The molecule has 0 fully saturated rings. The second kappa shape index (κ2) is 4.48. The Balaban J connectivity index is 2.13. The SMILES string of the molecule is CC1=C(Br)C=CC2Oc3ccc(C)cc3C(=O)NC12C. The number of nitrogens with one attached hydrogen (secondary N) is 1. The Hall–Kier alpha value is -1.55. The third kappa shape index (κ3) is 1.90. The van der Waals surface area contributed by atoms with Gasteiger partial charge in [-0.25, -0.2) is 0 Å². The molecule has 2 unspecified atom stereocenters. The number of hydrogen-bond donors (Lipinski definition) is 1. The van der Waals surface area contributed by atoms with Crippen molar-refractivity contribution < 1.29 is 9.53 Å². The van der Waals surface area contributed by atoms with Gasteiger partial charge in [-0.3, -0.25) is 4.79 Å². The molecule has 1 aromatic rings. The Morgan fingerprint density at radius 2 is 2.10 bits per heavy atom. The lowest BCUT2D eigenvalue weighted by Gasteiger charge is -2.38. The van der Waals surface area contributed by atoms with Gasteiger partial charge in [-0.05, 0) is 50.6 Å². The summed E-state index contributed by atoms with van der Waals surface area (Å²) in [5.74, 6) is 0.543. The van der Waals surface area contributed by atoms with Crippen LogP contribution in [0.5, 0.6) is 5.75 Å². The highest BCUT2D eigenvalue weighted by Crippen LogP contribution is 2.37. The lowest BCUT2D eigenvalue weighted by atomic mass is 9.83. The van der Waals surface area contributed by atoms with Crippen molar-refractivity contribution in [3.8, 4) is 5.75 Å². The van der Waals surface area contributed by atoms with Crippen molar-refractivity contribution >= 4 is 21.8 Å². The van der Waals surface area contributed by atoms with Crippen molar-refractivity contribution in [1.29, 1.82) is 0 Å². The number of benzene rings is 1. The molecular weight excluding hydrogens is 318 g/mol. The first-order chi connectivity index (χ1) is 9.41. The minimum atomic E-state index is -0.544. The Morgan fingerprint density at radius 1 is 1.35 bits per heavy atom. The van der Waals surface area contributed by atoms with Gasteiger partial charge in [0.1, 0.15) is 17.4 Å². The average molecular weight is 334 g/mol. The quantitative estimate of drug-likeness (QED) is 0.789. The minimum absolute atomic E-state index is 0.0938. The molecule has 0 saturated carbocycles. The largest absolute Gasteiger partial charge is 0.483 e. The fraction of sp³-hybridized carbons (Fsp3) is 0.312. The van der Waals surface area contributed by atoms with E-state index in [1.54, 1.807) is 0 Å². The molecule has 2 aliphatic rings. The molecule has 104 valence electrons. The summed E-state index contributed by atoms with van der Waals surface area (Å²) < 4.78 is 7.07. The molecule has 1 amide bonds. The smallest absolute Gasteiger partial charge is 0.255 e. The van der Waals surface area contributed by atoms with Crippen LogP contribution in [-0.2, 0) is 0 Å². The van der Waals surface area contributed by atoms with E-state index < -0.39 is 5.54 Å². The van der Waals surface area contributed by atoms with Crippen LogP contribution >= 0.6 is 15.9 Å². The lowest BCUT2D eigenvalue weighted by Crippen LogP contribution is -2.56. The molecule has 20 heavy (non-hydrogen) atoms. The highest BCUT2D eigenvalue weighted by Gasteiger charge is 2.43. The second-order valence-electron chi connectivity index (χ2n) is 5.53. The third-order valence-electron chi connectivity index (χ3n) is 4.13. The molecule has 4 heteroatoms. The van der Waals surface area contributed by atoms with E-state index in [1.807, 2.05) is 51.1 Å². The van der Waals surface area contributed by atoms with E-state index in [1.165, 1.54) is 0 Å². The summed E-state index contributed by atoms with van der Waals surface area (Å²) in [5.41, 5.74) is 2.15. The first kappa shape index (κ1) is 13.4. The van der Waals surface area contributed by atoms with Crippen LogP contribution in [0.1, 0.15) is 29.8 Å². The monoisotopic (exact) mass is 333 g/mol. The Labute approximate surface area is 126 Å². The molecule has 0 aromatic heterocycles.